The maximum absolute atomic E-state index is 12.6. The van der Waals surface area contributed by atoms with Gasteiger partial charge in [-0.25, -0.2) is 4.98 Å². The summed E-state index contributed by atoms with van der Waals surface area (Å²) in [6.45, 7) is 57.5. The average molecular weight is 1350 g/mol. The van der Waals surface area contributed by atoms with E-state index in [1.165, 1.54) is 49.8 Å². The SMILES string of the molecule is CC(C)(C)C1=CC=CC(=O)C1.CC(C)(C)c1cccc(N=[N+]=[N-])c1.CC(C)(C)c1ccccc1.CC(C)(C)c1ccccc1C(F)(F)F.CC(C)(C)c1ccccn1.CC(C)(C)c1cccnc1.CC(C)(C)c1ccncc1.CC(C)(C)c1cncs1.CC(C)(C)c1nccs1. The first kappa shape index (κ1) is 86.6. The zero-order valence-corrected chi connectivity index (χ0v) is 64.8. The first-order valence-corrected chi connectivity index (χ1v) is 34.5. The first-order chi connectivity index (χ1) is 43.9. The molecule has 0 aliphatic heterocycles. The molecular weight excluding hydrogens is 1230 g/mol. The van der Waals surface area contributed by atoms with Gasteiger partial charge in [0, 0.05) is 87.2 Å². The van der Waals surface area contributed by atoms with Crippen molar-refractivity contribution in [1.82, 2.24) is 24.9 Å². The third kappa shape index (κ3) is 36.1. The van der Waals surface area contributed by atoms with Crippen LogP contribution in [0, 0.1) is 5.41 Å². The minimum Gasteiger partial charge on any atom is -0.294 e. The maximum Gasteiger partial charge on any atom is 0.416 e. The van der Waals surface area contributed by atoms with E-state index in [1.807, 2.05) is 96.6 Å². The van der Waals surface area contributed by atoms with E-state index in [2.05, 4.69) is 256 Å². The molecule has 0 atom stereocenters. The third-order valence-corrected chi connectivity index (χ3v) is 16.6. The topological polar surface area (TPSA) is 130 Å². The number of aromatic nitrogens is 5. The maximum atomic E-state index is 12.6. The quantitative estimate of drug-likeness (QED) is 0.0914. The standard InChI is InChI=1S/C11H13F3.C10H13N3.C10H14O.C10H14.3C9H13N.2C7H11NS/c1-10(2,3)8-6-4-5-7-9(8)11(12,13)14;1-10(2,3)8-5-4-6-9(7-8)12-13-11;1-10(2,3)8-5-4-6-9(11)7-8;1-10(2,3)9-7-5-4-6-8-9;1-9(2,3)8-4-6-10-7-5-8;1-9(2,3)8-5-4-6-10-7-8;1-9(2,3)8-6-4-5-7-10-8;1-7(2,3)6-4-8-5-9-6;1-7(2,3)6-8-4-5-9-6/h4-7H,1-3H3;4-7H,1-3H3;4-6H,7H2,1-3H3;4-8H,1-3H3;3*4-7H,1-3H3;2*4-5H,1-3H3. The molecule has 0 saturated heterocycles. The fraction of sp³-hybridized carbons (Fsp3) is 0.463. The van der Waals surface area contributed by atoms with Crippen molar-refractivity contribution in [2.24, 2.45) is 10.5 Å². The lowest BCUT2D eigenvalue weighted by molar-refractivity contribution is -0.138. The second kappa shape index (κ2) is 38.5. The predicted octanol–water partition coefficient (Wildman–Crippen LogP) is 25.4. The van der Waals surface area contributed by atoms with Crippen molar-refractivity contribution in [2.75, 3.05) is 0 Å². The molecule has 1 aliphatic carbocycles. The molecule has 0 spiro atoms. The smallest absolute Gasteiger partial charge is 0.294 e. The Balaban J connectivity index is 0.000000542. The van der Waals surface area contributed by atoms with E-state index in [0.717, 1.165) is 11.8 Å². The molecule has 0 unspecified atom stereocenters. The summed E-state index contributed by atoms with van der Waals surface area (Å²) in [7, 11) is 0. The number of rotatable bonds is 1. The van der Waals surface area contributed by atoms with Crippen LogP contribution in [-0.2, 0) is 54.3 Å². The Morgan fingerprint density at radius 3 is 1.28 bits per heavy atom. The molecule has 1 aliphatic rings. The van der Waals surface area contributed by atoms with Crippen molar-refractivity contribution >= 4 is 34.1 Å². The molecule has 14 heteroatoms. The number of hydrogen-bond donors (Lipinski definition) is 0. The fourth-order valence-corrected chi connectivity index (χ4v) is 9.58. The highest BCUT2D eigenvalue weighted by Gasteiger charge is 2.36. The number of carbonyl (C=O) groups is 1. The van der Waals surface area contributed by atoms with Gasteiger partial charge in [-0.05, 0) is 120 Å². The number of ketones is 1. The Bertz CT molecular complexity index is 3260. The zero-order valence-electron chi connectivity index (χ0n) is 63.1. The van der Waals surface area contributed by atoms with E-state index >= 15 is 0 Å². The minimum atomic E-state index is -4.26. The van der Waals surface area contributed by atoms with Crippen molar-refractivity contribution in [3.8, 4) is 0 Å². The molecule has 0 amide bonds. The summed E-state index contributed by atoms with van der Waals surface area (Å²) < 4.78 is 37.7. The van der Waals surface area contributed by atoms with Crippen LogP contribution in [0.5, 0.6) is 0 Å². The van der Waals surface area contributed by atoms with Gasteiger partial charge >= 0.3 is 6.18 Å². The number of thiazole rings is 2. The molecule has 0 fully saturated rings. The Morgan fingerprint density at radius 2 is 0.958 bits per heavy atom. The predicted molar refractivity (Wildman–Crippen MR) is 406 cm³/mol. The van der Waals surface area contributed by atoms with Crippen LogP contribution in [0.15, 0.2) is 205 Å². The Hall–Kier alpha value is -7.38. The monoisotopic (exact) mass is 1350 g/mol. The van der Waals surface area contributed by atoms with Gasteiger partial charge in [-0.15, -0.1) is 22.7 Å². The van der Waals surface area contributed by atoms with Crippen molar-refractivity contribution in [3.05, 3.63) is 259 Å². The van der Waals surface area contributed by atoms with Crippen molar-refractivity contribution < 1.29 is 18.0 Å². The molecule has 522 valence electrons. The van der Waals surface area contributed by atoms with E-state index < -0.39 is 17.2 Å². The van der Waals surface area contributed by atoms with Crippen LogP contribution in [0.3, 0.4) is 0 Å². The molecule has 0 radical (unpaired) electrons. The summed E-state index contributed by atoms with van der Waals surface area (Å²) in [6.07, 6.45) is 14.9. The number of halogens is 3. The second-order valence-electron chi connectivity index (χ2n) is 32.5. The van der Waals surface area contributed by atoms with Crippen LogP contribution < -0.4 is 0 Å². The first-order valence-electron chi connectivity index (χ1n) is 32.7. The van der Waals surface area contributed by atoms with Gasteiger partial charge in [-0.1, -0.05) is 289 Å². The summed E-state index contributed by atoms with van der Waals surface area (Å²) in [5, 5.41) is 6.79. The summed E-state index contributed by atoms with van der Waals surface area (Å²) in [6, 6.07) is 38.1. The van der Waals surface area contributed by atoms with Crippen LogP contribution in [0.2, 0.25) is 0 Å². The molecule has 0 bridgehead atoms. The van der Waals surface area contributed by atoms with Gasteiger partial charge in [0.2, 0.25) is 0 Å². The van der Waals surface area contributed by atoms with Gasteiger partial charge in [-0.2, -0.15) is 13.2 Å². The fourth-order valence-electron chi connectivity index (χ4n) is 8.15. The number of alkyl halides is 3. The summed E-state index contributed by atoms with van der Waals surface area (Å²) in [4.78, 5) is 35.6. The summed E-state index contributed by atoms with van der Waals surface area (Å²) in [5.74, 6) is 0.220. The molecule has 9 nitrogen and oxygen atoms in total. The molecule has 3 aromatic carbocycles. The average Bonchev–Trinajstić information content (AvgIpc) is 1.03. The molecule has 5 aromatic heterocycles. The summed E-state index contributed by atoms with van der Waals surface area (Å²) in [5.41, 5.74) is 19.4. The van der Waals surface area contributed by atoms with Gasteiger partial charge in [0.25, 0.3) is 0 Å². The number of pyridine rings is 3. The molecule has 5 heterocycles. The van der Waals surface area contributed by atoms with Crippen LogP contribution in [0.25, 0.3) is 10.4 Å². The Labute approximate surface area is 585 Å². The van der Waals surface area contributed by atoms with Crippen LogP contribution in [0.4, 0.5) is 18.9 Å². The number of hydrogen-bond acceptors (Lipinski definition) is 9. The van der Waals surface area contributed by atoms with E-state index in [1.54, 1.807) is 67.9 Å². The second-order valence-corrected chi connectivity index (χ2v) is 34.3. The molecule has 0 N–H and O–H groups in total. The van der Waals surface area contributed by atoms with Crippen molar-refractivity contribution in [3.63, 3.8) is 0 Å². The van der Waals surface area contributed by atoms with Gasteiger partial charge in [0.05, 0.1) is 16.1 Å². The third-order valence-electron chi connectivity index (χ3n) is 14.2. The highest BCUT2D eigenvalue weighted by Crippen LogP contribution is 2.37. The molecule has 9 rings (SSSR count). The van der Waals surface area contributed by atoms with E-state index in [9.17, 15) is 18.0 Å². The van der Waals surface area contributed by atoms with Crippen molar-refractivity contribution in [2.45, 2.75) is 243 Å². The Morgan fingerprint density at radius 1 is 0.438 bits per heavy atom. The highest BCUT2D eigenvalue weighted by molar-refractivity contribution is 7.10. The number of allylic oxidation sites excluding steroid dienone is 4. The number of benzene rings is 3. The minimum absolute atomic E-state index is 0.0982. The zero-order chi connectivity index (χ0) is 73.6. The largest absolute Gasteiger partial charge is 0.416 e. The lowest BCUT2D eigenvalue weighted by atomic mass is 9.82. The van der Waals surface area contributed by atoms with Crippen LogP contribution >= 0.6 is 22.7 Å². The van der Waals surface area contributed by atoms with E-state index in [0.29, 0.717) is 23.1 Å². The normalized spacial score (nSPS) is 12.5. The summed E-state index contributed by atoms with van der Waals surface area (Å²) >= 11 is 3.44. The van der Waals surface area contributed by atoms with Crippen LogP contribution in [-0.4, -0.2) is 30.7 Å². The van der Waals surface area contributed by atoms with E-state index in [-0.39, 0.29) is 43.7 Å². The van der Waals surface area contributed by atoms with Gasteiger partial charge in [0.15, 0.2) is 5.78 Å². The van der Waals surface area contributed by atoms with Gasteiger partial charge in [0.1, 0.15) is 0 Å². The van der Waals surface area contributed by atoms with E-state index in [4.69, 9.17) is 5.53 Å². The molecular formula is C82H115F3N8OS2. The van der Waals surface area contributed by atoms with Gasteiger partial charge < -0.3 is 0 Å². The molecule has 0 saturated carbocycles. The molecule has 8 aromatic rings. The lowest BCUT2D eigenvalue weighted by Gasteiger charge is -2.23. The number of azide groups is 1. The number of carbonyl (C=O) groups excluding carboxylic acids is 1. The Kier molecular flexibility index (Phi) is 34.8. The van der Waals surface area contributed by atoms with Crippen LogP contribution in [0.1, 0.15) is 242 Å². The lowest BCUT2D eigenvalue weighted by Crippen LogP contribution is -2.19. The highest BCUT2D eigenvalue weighted by atomic mass is 32.1. The molecule has 96 heavy (non-hydrogen) atoms. The number of nitrogens with zero attached hydrogens (tertiary/aromatic N) is 8. The van der Waals surface area contributed by atoms with Gasteiger partial charge in [-0.3, -0.25) is 24.7 Å². The van der Waals surface area contributed by atoms with Crippen molar-refractivity contribution in [1.29, 1.82) is 0 Å².